The van der Waals surface area contributed by atoms with Crippen molar-refractivity contribution >= 4 is 22.7 Å². The Kier molecular flexibility index (Phi) is 3.66. The molecule has 0 aliphatic heterocycles. The molecule has 21 heavy (non-hydrogen) atoms. The summed E-state index contributed by atoms with van der Waals surface area (Å²) in [6, 6.07) is 11.0. The van der Waals surface area contributed by atoms with Crippen molar-refractivity contribution < 1.29 is 13.5 Å². The fourth-order valence-electron chi connectivity index (χ4n) is 2.06. The van der Waals surface area contributed by atoms with Gasteiger partial charge in [0.2, 0.25) is 0 Å². The van der Waals surface area contributed by atoms with E-state index in [0.717, 1.165) is 0 Å². The van der Waals surface area contributed by atoms with E-state index in [2.05, 4.69) is 0 Å². The summed E-state index contributed by atoms with van der Waals surface area (Å²) in [7, 11) is 0. The normalized spacial score (nSPS) is 11.0. The smallest absolute Gasteiger partial charge is 0.420 e. The standard InChI is InChI=1S/C15H11ClFNO3/c16-11-9-10(17)5-6-13(11)20-8-7-18-12-3-1-2-4-14(12)21-15(18)19/h1-6,9H,7-8H2. The number of para-hydroxylation sites is 2. The van der Waals surface area contributed by atoms with E-state index in [9.17, 15) is 9.18 Å². The van der Waals surface area contributed by atoms with Gasteiger partial charge in [-0.25, -0.2) is 9.18 Å². The molecule has 2 aromatic carbocycles. The van der Waals surface area contributed by atoms with Gasteiger partial charge in [-0.1, -0.05) is 23.7 Å². The second-order valence-electron chi connectivity index (χ2n) is 4.41. The molecule has 0 saturated carbocycles. The molecule has 0 bridgehead atoms. The molecule has 4 nitrogen and oxygen atoms in total. The van der Waals surface area contributed by atoms with Crippen LogP contribution in [0.1, 0.15) is 0 Å². The molecule has 0 amide bonds. The minimum atomic E-state index is -0.440. The van der Waals surface area contributed by atoms with Crippen molar-refractivity contribution in [3.05, 3.63) is 63.9 Å². The fourth-order valence-corrected chi connectivity index (χ4v) is 2.29. The predicted octanol–water partition coefficient (Wildman–Crippen LogP) is 3.47. The Balaban J connectivity index is 1.75. The number of hydrogen-bond donors (Lipinski definition) is 0. The largest absolute Gasteiger partial charge is 0.490 e. The highest BCUT2D eigenvalue weighted by atomic mass is 35.5. The Morgan fingerprint density at radius 2 is 2.05 bits per heavy atom. The first kappa shape index (κ1) is 13.7. The monoisotopic (exact) mass is 307 g/mol. The van der Waals surface area contributed by atoms with E-state index < -0.39 is 11.6 Å². The lowest BCUT2D eigenvalue weighted by Gasteiger charge is -2.08. The SMILES string of the molecule is O=c1oc2ccccc2n1CCOc1ccc(F)cc1Cl. The second-order valence-corrected chi connectivity index (χ2v) is 4.82. The van der Waals surface area contributed by atoms with Crippen molar-refractivity contribution in [2.75, 3.05) is 6.61 Å². The molecule has 0 saturated heterocycles. The van der Waals surface area contributed by atoms with E-state index in [0.29, 0.717) is 23.4 Å². The summed E-state index contributed by atoms with van der Waals surface area (Å²) in [5.74, 6) is -0.492. The van der Waals surface area contributed by atoms with Crippen molar-refractivity contribution in [2.24, 2.45) is 0 Å². The summed E-state index contributed by atoms with van der Waals surface area (Å²) in [6.07, 6.45) is 0. The van der Waals surface area contributed by atoms with Gasteiger partial charge in [0.05, 0.1) is 17.1 Å². The van der Waals surface area contributed by atoms with Crippen molar-refractivity contribution in [2.45, 2.75) is 6.54 Å². The Bertz CT molecular complexity index is 840. The lowest BCUT2D eigenvalue weighted by atomic mass is 10.3. The number of benzene rings is 2. The number of nitrogens with zero attached hydrogens (tertiary/aromatic N) is 1. The molecule has 0 radical (unpaired) electrons. The first-order valence-corrected chi connectivity index (χ1v) is 6.69. The molecule has 3 aromatic rings. The predicted molar refractivity (Wildman–Crippen MR) is 77.4 cm³/mol. The summed E-state index contributed by atoms with van der Waals surface area (Å²) in [6.45, 7) is 0.526. The number of ether oxygens (including phenoxy) is 1. The highest BCUT2D eigenvalue weighted by Crippen LogP contribution is 2.24. The molecule has 0 aliphatic rings. The summed E-state index contributed by atoms with van der Waals surface area (Å²) < 4.78 is 25.0. The number of aromatic nitrogens is 1. The van der Waals surface area contributed by atoms with Crippen LogP contribution >= 0.6 is 11.6 Å². The first-order chi connectivity index (χ1) is 10.1. The van der Waals surface area contributed by atoms with Gasteiger partial charge in [-0.2, -0.15) is 0 Å². The van der Waals surface area contributed by atoms with Crippen LogP contribution in [0.2, 0.25) is 5.02 Å². The van der Waals surface area contributed by atoms with Crippen LogP contribution in [0.4, 0.5) is 4.39 Å². The van der Waals surface area contributed by atoms with Crippen LogP contribution in [0.25, 0.3) is 11.1 Å². The number of rotatable bonds is 4. The Labute approximate surface area is 124 Å². The first-order valence-electron chi connectivity index (χ1n) is 6.31. The maximum atomic E-state index is 12.9. The van der Waals surface area contributed by atoms with Gasteiger partial charge in [-0.05, 0) is 30.3 Å². The van der Waals surface area contributed by atoms with Gasteiger partial charge in [-0.15, -0.1) is 0 Å². The number of fused-ring (bicyclic) bond motifs is 1. The highest BCUT2D eigenvalue weighted by molar-refractivity contribution is 6.32. The number of halogens is 2. The second kappa shape index (κ2) is 5.61. The third-order valence-electron chi connectivity index (χ3n) is 3.04. The van der Waals surface area contributed by atoms with E-state index in [-0.39, 0.29) is 11.6 Å². The van der Waals surface area contributed by atoms with Gasteiger partial charge in [0.25, 0.3) is 0 Å². The van der Waals surface area contributed by atoms with Crippen LogP contribution in [-0.2, 0) is 6.54 Å². The van der Waals surface area contributed by atoms with E-state index >= 15 is 0 Å². The molecular weight excluding hydrogens is 297 g/mol. The van der Waals surface area contributed by atoms with Gasteiger partial charge in [-0.3, -0.25) is 4.57 Å². The van der Waals surface area contributed by atoms with E-state index in [1.807, 2.05) is 6.07 Å². The minimum Gasteiger partial charge on any atom is -0.490 e. The molecule has 0 atom stereocenters. The number of oxazole rings is 1. The van der Waals surface area contributed by atoms with Crippen molar-refractivity contribution in [3.8, 4) is 5.75 Å². The summed E-state index contributed by atoms with van der Waals surface area (Å²) in [5, 5.41) is 0.194. The van der Waals surface area contributed by atoms with Gasteiger partial charge in [0.1, 0.15) is 18.2 Å². The summed E-state index contributed by atoms with van der Waals surface area (Å²) >= 11 is 5.86. The molecule has 0 N–H and O–H groups in total. The third kappa shape index (κ3) is 2.78. The van der Waals surface area contributed by atoms with Gasteiger partial charge >= 0.3 is 5.76 Å². The van der Waals surface area contributed by atoms with Crippen molar-refractivity contribution in [3.63, 3.8) is 0 Å². The van der Waals surface area contributed by atoms with E-state index in [1.54, 1.807) is 18.2 Å². The zero-order valence-electron chi connectivity index (χ0n) is 10.9. The molecule has 3 rings (SSSR count). The van der Waals surface area contributed by atoms with Crippen LogP contribution < -0.4 is 10.5 Å². The Hall–Kier alpha value is -2.27. The van der Waals surface area contributed by atoms with Crippen molar-refractivity contribution in [1.29, 1.82) is 0 Å². The fraction of sp³-hybridized carbons (Fsp3) is 0.133. The van der Waals surface area contributed by atoms with Gasteiger partial charge in [0, 0.05) is 0 Å². The number of hydrogen-bond acceptors (Lipinski definition) is 3. The zero-order chi connectivity index (χ0) is 14.8. The maximum Gasteiger partial charge on any atom is 0.420 e. The van der Waals surface area contributed by atoms with Crippen LogP contribution in [0.15, 0.2) is 51.7 Å². The molecule has 1 aromatic heterocycles. The topological polar surface area (TPSA) is 44.4 Å². The lowest BCUT2D eigenvalue weighted by Crippen LogP contribution is -2.18. The van der Waals surface area contributed by atoms with E-state index in [4.69, 9.17) is 20.8 Å². The van der Waals surface area contributed by atoms with E-state index in [1.165, 1.54) is 22.8 Å². The zero-order valence-corrected chi connectivity index (χ0v) is 11.6. The molecule has 6 heteroatoms. The van der Waals surface area contributed by atoms with Crippen molar-refractivity contribution in [1.82, 2.24) is 4.57 Å². The molecule has 0 spiro atoms. The molecule has 0 aliphatic carbocycles. The highest BCUT2D eigenvalue weighted by Gasteiger charge is 2.09. The quantitative estimate of drug-likeness (QED) is 0.741. The molecule has 0 fully saturated rings. The van der Waals surface area contributed by atoms with Crippen LogP contribution in [-0.4, -0.2) is 11.2 Å². The average Bonchev–Trinajstić information content (AvgIpc) is 2.77. The minimum absolute atomic E-state index is 0.194. The Morgan fingerprint density at radius 1 is 1.24 bits per heavy atom. The summed E-state index contributed by atoms with van der Waals surface area (Å²) in [5.41, 5.74) is 1.23. The molecule has 0 unspecified atom stereocenters. The average molecular weight is 308 g/mol. The molecule has 1 heterocycles. The van der Waals surface area contributed by atoms with Crippen LogP contribution in [0.5, 0.6) is 5.75 Å². The van der Waals surface area contributed by atoms with Gasteiger partial charge in [0.15, 0.2) is 5.58 Å². The van der Waals surface area contributed by atoms with Crippen LogP contribution in [0.3, 0.4) is 0 Å². The molecule has 108 valence electrons. The van der Waals surface area contributed by atoms with Crippen LogP contribution in [0, 0.1) is 5.82 Å². The lowest BCUT2D eigenvalue weighted by molar-refractivity contribution is 0.294. The third-order valence-corrected chi connectivity index (χ3v) is 3.34. The van der Waals surface area contributed by atoms with Gasteiger partial charge < -0.3 is 9.15 Å². The summed E-state index contributed by atoms with van der Waals surface area (Å²) in [4.78, 5) is 11.8. The Morgan fingerprint density at radius 3 is 2.86 bits per heavy atom. The maximum absolute atomic E-state index is 12.9. The molecular formula is C15H11ClFNO3.